The summed E-state index contributed by atoms with van der Waals surface area (Å²) in [5.41, 5.74) is 3.14. The molecule has 1 fully saturated rings. The molecular weight excluding hydrogens is 388 g/mol. The maximum atomic E-state index is 12.5. The molecule has 29 heavy (non-hydrogen) atoms. The molecule has 1 aromatic heterocycles. The molecule has 7 heteroatoms. The molecule has 4 rings (SSSR count). The van der Waals surface area contributed by atoms with Gasteiger partial charge in [0.05, 0.1) is 18.4 Å². The van der Waals surface area contributed by atoms with Gasteiger partial charge in [-0.05, 0) is 29.9 Å². The van der Waals surface area contributed by atoms with Crippen molar-refractivity contribution >= 4 is 16.1 Å². The van der Waals surface area contributed by atoms with Crippen LogP contribution in [0.3, 0.4) is 0 Å². The molecule has 0 atom stereocenters. The number of nitrogens with zero attached hydrogens (tertiary/aromatic N) is 2. The molecule has 2 aromatic rings. The van der Waals surface area contributed by atoms with Gasteiger partial charge in [-0.25, -0.2) is 12.7 Å². The number of benzene rings is 1. The van der Waals surface area contributed by atoms with Crippen LogP contribution in [0.25, 0.3) is 6.08 Å². The summed E-state index contributed by atoms with van der Waals surface area (Å²) < 4.78 is 30.4. The normalized spacial score (nSPS) is 19.1. The van der Waals surface area contributed by atoms with Gasteiger partial charge in [0, 0.05) is 32.2 Å². The molecule has 0 saturated carbocycles. The first-order valence-electron chi connectivity index (χ1n) is 9.93. The first-order valence-corrected chi connectivity index (χ1v) is 11.8. The fourth-order valence-corrected chi connectivity index (χ4v) is 4.91. The minimum atomic E-state index is -3.12. The second kappa shape index (κ2) is 8.26. The number of fused-ring (bicyclic) bond motifs is 1. The van der Waals surface area contributed by atoms with Gasteiger partial charge in [0.1, 0.15) is 12.0 Å². The summed E-state index contributed by atoms with van der Waals surface area (Å²) in [5, 5.41) is 0. The molecule has 0 radical (unpaired) electrons. The van der Waals surface area contributed by atoms with E-state index in [0.29, 0.717) is 31.0 Å². The Labute approximate surface area is 171 Å². The third-order valence-electron chi connectivity index (χ3n) is 5.72. The number of allylic oxidation sites excluding steroid dienone is 1. The number of hydrogen-bond donors (Lipinski definition) is 0. The van der Waals surface area contributed by atoms with Gasteiger partial charge in [0.15, 0.2) is 5.43 Å². The molecule has 0 aliphatic carbocycles. The zero-order valence-corrected chi connectivity index (χ0v) is 17.4. The zero-order valence-electron chi connectivity index (χ0n) is 16.6. The molecule has 1 aromatic carbocycles. The standard InChI is InChI=1S/C22H26N2O4S/c1-29(26,27)24-10-8-17(9-11-24)6-7-20-16-28-21(12-22(20)25)15-23-13-18-4-2-3-5-19(18)14-23/h2-7,12,16-17H,8-11,13-15H2,1H3/b7-6+. The molecule has 0 amide bonds. The summed E-state index contributed by atoms with van der Waals surface area (Å²) in [4.78, 5) is 14.7. The van der Waals surface area contributed by atoms with E-state index >= 15 is 0 Å². The van der Waals surface area contributed by atoms with Crippen molar-refractivity contribution in [1.82, 2.24) is 9.21 Å². The highest BCUT2D eigenvalue weighted by atomic mass is 32.2. The van der Waals surface area contributed by atoms with Crippen LogP contribution in [0.15, 0.2) is 51.9 Å². The molecule has 6 nitrogen and oxygen atoms in total. The molecule has 1 saturated heterocycles. The molecule has 0 N–H and O–H groups in total. The van der Waals surface area contributed by atoms with Crippen molar-refractivity contribution in [1.29, 1.82) is 0 Å². The third kappa shape index (κ3) is 4.86. The maximum Gasteiger partial charge on any atom is 0.211 e. The highest BCUT2D eigenvalue weighted by Gasteiger charge is 2.23. The van der Waals surface area contributed by atoms with Gasteiger partial charge in [0.2, 0.25) is 10.0 Å². The molecule has 3 heterocycles. The van der Waals surface area contributed by atoms with Gasteiger partial charge < -0.3 is 4.42 Å². The van der Waals surface area contributed by atoms with Crippen molar-refractivity contribution in [3.63, 3.8) is 0 Å². The molecule has 0 bridgehead atoms. The number of sulfonamides is 1. The third-order valence-corrected chi connectivity index (χ3v) is 7.02. The van der Waals surface area contributed by atoms with E-state index in [1.807, 2.05) is 12.2 Å². The lowest BCUT2D eigenvalue weighted by Gasteiger charge is -2.28. The van der Waals surface area contributed by atoms with Crippen LogP contribution in [-0.4, -0.2) is 37.0 Å². The quantitative estimate of drug-likeness (QED) is 0.752. The predicted octanol–water partition coefficient (Wildman–Crippen LogP) is 2.84. The van der Waals surface area contributed by atoms with Crippen LogP contribution in [-0.2, 0) is 29.7 Å². The smallest absolute Gasteiger partial charge is 0.211 e. The van der Waals surface area contributed by atoms with Gasteiger partial charge in [-0.15, -0.1) is 0 Å². The van der Waals surface area contributed by atoms with E-state index < -0.39 is 10.0 Å². The largest absolute Gasteiger partial charge is 0.467 e. The lowest BCUT2D eigenvalue weighted by atomic mass is 9.97. The van der Waals surface area contributed by atoms with Crippen molar-refractivity contribution in [2.45, 2.75) is 32.5 Å². The average molecular weight is 415 g/mol. The molecule has 2 aliphatic heterocycles. The van der Waals surface area contributed by atoms with Gasteiger partial charge in [-0.2, -0.15) is 0 Å². The fourth-order valence-electron chi connectivity index (χ4n) is 4.04. The second-order valence-corrected chi connectivity index (χ2v) is 9.92. The summed E-state index contributed by atoms with van der Waals surface area (Å²) >= 11 is 0. The Morgan fingerprint density at radius 1 is 1.14 bits per heavy atom. The van der Waals surface area contributed by atoms with Crippen molar-refractivity contribution in [3.8, 4) is 0 Å². The summed E-state index contributed by atoms with van der Waals surface area (Å²) in [6, 6.07) is 9.96. The van der Waals surface area contributed by atoms with E-state index in [9.17, 15) is 13.2 Å². The Morgan fingerprint density at radius 2 is 1.79 bits per heavy atom. The Hall–Kier alpha value is -2.22. The topological polar surface area (TPSA) is 70.8 Å². The minimum Gasteiger partial charge on any atom is -0.467 e. The Bertz CT molecular complexity index is 1040. The Morgan fingerprint density at radius 3 is 2.38 bits per heavy atom. The van der Waals surface area contributed by atoms with E-state index in [1.165, 1.54) is 28.0 Å². The first kappa shape index (κ1) is 20.1. The van der Waals surface area contributed by atoms with Crippen LogP contribution in [0.5, 0.6) is 0 Å². The van der Waals surface area contributed by atoms with Crippen LogP contribution in [0.4, 0.5) is 0 Å². The zero-order chi connectivity index (χ0) is 20.4. The number of hydrogen-bond acceptors (Lipinski definition) is 5. The van der Waals surface area contributed by atoms with Crippen LogP contribution < -0.4 is 5.43 Å². The summed E-state index contributed by atoms with van der Waals surface area (Å²) in [7, 11) is -3.12. The maximum absolute atomic E-state index is 12.5. The van der Waals surface area contributed by atoms with Crippen molar-refractivity contribution in [2.75, 3.05) is 19.3 Å². The molecule has 2 aliphatic rings. The van der Waals surface area contributed by atoms with Crippen LogP contribution in [0, 0.1) is 5.92 Å². The summed E-state index contributed by atoms with van der Waals surface area (Å²) in [6.45, 7) is 3.40. The van der Waals surface area contributed by atoms with Gasteiger partial charge >= 0.3 is 0 Å². The highest BCUT2D eigenvalue weighted by Crippen LogP contribution is 2.24. The minimum absolute atomic E-state index is 0.0483. The van der Waals surface area contributed by atoms with E-state index in [0.717, 1.165) is 25.9 Å². The average Bonchev–Trinajstić information content (AvgIpc) is 3.09. The predicted molar refractivity (Wildman–Crippen MR) is 113 cm³/mol. The molecular formula is C22H26N2O4S. The SMILES string of the molecule is CS(=O)(=O)N1CCC(/C=C/c2coc(CN3Cc4ccccc4C3)cc2=O)CC1. The van der Waals surface area contributed by atoms with E-state index in [-0.39, 0.29) is 11.3 Å². The van der Waals surface area contributed by atoms with Gasteiger partial charge in [-0.1, -0.05) is 36.4 Å². The number of rotatable bonds is 5. The molecule has 0 unspecified atom stereocenters. The van der Waals surface area contributed by atoms with Crippen LogP contribution >= 0.6 is 0 Å². The van der Waals surface area contributed by atoms with E-state index in [1.54, 1.807) is 6.07 Å². The first-order chi connectivity index (χ1) is 13.9. The second-order valence-electron chi connectivity index (χ2n) is 7.94. The van der Waals surface area contributed by atoms with Gasteiger partial charge in [0.25, 0.3) is 0 Å². The molecule has 154 valence electrons. The number of piperidine rings is 1. The van der Waals surface area contributed by atoms with E-state index in [4.69, 9.17) is 4.42 Å². The van der Waals surface area contributed by atoms with Crippen LogP contribution in [0.2, 0.25) is 0 Å². The van der Waals surface area contributed by atoms with Crippen LogP contribution in [0.1, 0.15) is 35.3 Å². The summed E-state index contributed by atoms with van der Waals surface area (Å²) in [6.07, 6.45) is 8.12. The fraction of sp³-hybridized carbons (Fsp3) is 0.409. The monoisotopic (exact) mass is 414 g/mol. The lowest BCUT2D eigenvalue weighted by Crippen LogP contribution is -2.37. The highest BCUT2D eigenvalue weighted by molar-refractivity contribution is 7.88. The van der Waals surface area contributed by atoms with Crippen molar-refractivity contribution in [2.24, 2.45) is 5.92 Å². The summed E-state index contributed by atoms with van der Waals surface area (Å²) in [5.74, 6) is 0.941. The van der Waals surface area contributed by atoms with Crippen molar-refractivity contribution in [3.05, 3.63) is 75.3 Å². The lowest BCUT2D eigenvalue weighted by molar-refractivity contribution is 0.248. The molecule has 0 spiro atoms. The van der Waals surface area contributed by atoms with E-state index in [2.05, 4.69) is 29.2 Å². The Balaban J connectivity index is 1.35. The van der Waals surface area contributed by atoms with Gasteiger partial charge in [-0.3, -0.25) is 9.69 Å². The Kier molecular flexibility index (Phi) is 5.72. The van der Waals surface area contributed by atoms with Crippen molar-refractivity contribution < 1.29 is 12.8 Å².